The predicted molar refractivity (Wildman–Crippen MR) is 99.3 cm³/mol. The molecule has 0 unspecified atom stereocenters. The molecule has 0 bridgehead atoms. The van der Waals surface area contributed by atoms with Crippen LogP contribution in [0.1, 0.15) is 25.7 Å². The van der Waals surface area contributed by atoms with E-state index in [9.17, 15) is 13.2 Å². The van der Waals surface area contributed by atoms with Gasteiger partial charge in [0, 0.05) is 13.0 Å². The molecule has 0 amide bonds. The summed E-state index contributed by atoms with van der Waals surface area (Å²) in [5.41, 5.74) is 0. The number of hydrogen-bond donors (Lipinski definition) is 2. The zero-order valence-electron chi connectivity index (χ0n) is 14.0. The second-order valence-electron chi connectivity index (χ2n) is 5.61. The number of para-hydroxylation sites is 1. The Morgan fingerprint density at radius 3 is 2.38 bits per heavy atom. The van der Waals surface area contributed by atoms with E-state index in [1.165, 1.54) is 12.1 Å². The Kier molecular flexibility index (Phi) is 7.44. The van der Waals surface area contributed by atoms with Crippen LogP contribution in [0, 0.1) is 0 Å². The van der Waals surface area contributed by atoms with Gasteiger partial charge in [-0.1, -0.05) is 30.2 Å². The first-order valence-electron chi connectivity index (χ1n) is 8.12. The monoisotopic (exact) mass is 397 g/mol. The fraction of sp³-hybridized carbons (Fsp3) is 0.278. The van der Waals surface area contributed by atoms with Crippen LogP contribution >= 0.6 is 11.6 Å². The summed E-state index contributed by atoms with van der Waals surface area (Å²) in [4.78, 5) is 10.5. The van der Waals surface area contributed by atoms with Gasteiger partial charge in [-0.15, -0.1) is 0 Å². The van der Waals surface area contributed by atoms with Crippen LogP contribution in [0.3, 0.4) is 0 Å². The summed E-state index contributed by atoms with van der Waals surface area (Å²) in [5.74, 6) is 0.125. The minimum absolute atomic E-state index is 0.0969. The molecule has 0 heterocycles. The zero-order chi connectivity index (χ0) is 19.0. The smallest absolute Gasteiger partial charge is 0.303 e. The standard InChI is InChI=1S/C18H20ClNO5S/c19-16-6-3-4-7-17(16)25-14-9-11-15(12-10-14)26(23,24)20-13-5-1-2-8-18(21)22/h3-4,6-7,9-12,20H,1-2,5,8,13H2,(H,21,22). The van der Waals surface area contributed by atoms with E-state index < -0.39 is 16.0 Å². The molecule has 0 spiro atoms. The van der Waals surface area contributed by atoms with Gasteiger partial charge in [-0.3, -0.25) is 4.79 Å². The Morgan fingerprint density at radius 2 is 1.73 bits per heavy atom. The lowest BCUT2D eigenvalue weighted by Crippen LogP contribution is -2.24. The minimum atomic E-state index is -3.61. The first-order chi connectivity index (χ1) is 12.4. The number of unbranched alkanes of at least 4 members (excludes halogenated alkanes) is 2. The topological polar surface area (TPSA) is 92.7 Å². The van der Waals surface area contributed by atoms with E-state index >= 15 is 0 Å². The molecule has 8 heteroatoms. The van der Waals surface area contributed by atoms with E-state index in [0.29, 0.717) is 35.8 Å². The van der Waals surface area contributed by atoms with Crippen molar-refractivity contribution in [1.82, 2.24) is 4.72 Å². The van der Waals surface area contributed by atoms with Crippen molar-refractivity contribution in [3.8, 4) is 11.5 Å². The van der Waals surface area contributed by atoms with Gasteiger partial charge >= 0.3 is 5.97 Å². The first kappa shape index (κ1) is 20.2. The van der Waals surface area contributed by atoms with Gasteiger partial charge in [-0.05, 0) is 49.2 Å². The molecule has 26 heavy (non-hydrogen) atoms. The van der Waals surface area contributed by atoms with Crippen LogP contribution in [0.4, 0.5) is 0 Å². The molecule has 0 aromatic heterocycles. The molecular weight excluding hydrogens is 378 g/mol. The number of carboxylic acid groups (broad SMARTS) is 1. The molecule has 0 saturated carbocycles. The van der Waals surface area contributed by atoms with Crippen LogP contribution in [0.2, 0.25) is 5.02 Å². The van der Waals surface area contributed by atoms with Crippen molar-refractivity contribution >= 4 is 27.6 Å². The third kappa shape index (κ3) is 6.33. The van der Waals surface area contributed by atoms with Crippen LogP contribution in [0.25, 0.3) is 0 Å². The molecule has 0 saturated heterocycles. The van der Waals surface area contributed by atoms with E-state index in [1.54, 1.807) is 36.4 Å². The maximum atomic E-state index is 12.2. The fourth-order valence-electron chi connectivity index (χ4n) is 2.21. The SMILES string of the molecule is O=C(O)CCCCCNS(=O)(=O)c1ccc(Oc2ccccc2Cl)cc1. The number of halogens is 1. The number of sulfonamides is 1. The predicted octanol–water partition coefficient (Wildman–Crippen LogP) is 4.06. The minimum Gasteiger partial charge on any atom is -0.481 e. The molecule has 2 rings (SSSR count). The van der Waals surface area contributed by atoms with Gasteiger partial charge < -0.3 is 9.84 Å². The van der Waals surface area contributed by atoms with Gasteiger partial charge in [0.15, 0.2) is 0 Å². The molecule has 0 aliphatic heterocycles. The Morgan fingerprint density at radius 1 is 1.04 bits per heavy atom. The lowest BCUT2D eigenvalue weighted by Gasteiger charge is -2.09. The number of aliphatic carboxylic acids is 1. The number of carbonyl (C=O) groups is 1. The maximum Gasteiger partial charge on any atom is 0.303 e. The van der Waals surface area contributed by atoms with Crippen molar-refractivity contribution < 1.29 is 23.1 Å². The average molecular weight is 398 g/mol. The third-order valence-electron chi connectivity index (χ3n) is 3.56. The number of benzene rings is 2. The van der Waals surface area contributed by atoms with Crippen molar-refractivity contribution in [1.29, 1.82) is 0 Å². The van der Waals surface area contributed by atoms with Crippen molar-refractivity contribution in [2.45, 2.75) is 30.6 Å². The molecule has 2 aromatic carbocycles. The average Bonchev–Trinajstić information content (AvgIpc) is 2.60. The van der Waals surface area contributed by atoms with Crippen LogP contribution in [-0.4, -0.2) is 26.0 Å². The van der Waals surface area contributed by atoms with E-state index in [-0.39, 0.29) is 17.9 Å². The van der Waals surface area contributed by atoms with Crippen LogP contribution in [-0.2, 0) is 14.8 Å². The summed E-state index contributed by atoms with van der Waals surface area (Å²) in [6, 6.07) is 13.0. The van der Waals surface area contributed by atoms with Crippen LogP contribution in [0.5, 0.6) is 11.5 Å². The molecule has 0 radical (unpaired) electrons. The van der Waals surface area contributed by atoms with Gasteiger partial charge in [0.25, 0.3) is 0 Å². The van der Waals surface area contributed by atoms with Crippen molar-refractivity contribution in [2.24, 2.45) is 0 Å². The molecule has 140 valence electrons. The second kappa shape index (κ2) is 9.56. The highest BCUT2D eigenvalue weighted by atomic mass is 35.5. The molecule has 2 N–H and O–H groups in total. The van der Waals surface area contributed by atoms with Crippen LogP contribution < -0.4 is 9.46 Å². The van der Waals surface area contributed by atoms with E-state index in [4.69, 9.17) is 21.4 Å². The van der Waals surface area contributed by atoms with E-state index in [0.717, 1.165) is 0 Å². The highest BCUT2D eigenvalue weighted by Gasteiger charge is 2.13. The summed E-state index contributed by atoms with van der Waals surface area (Å²) in [5, 5.41) is 9.02. The first-order valence-corrected chi connectivity index (χ1v) is 9.98. The molecule has 0 atom stereocenters. The Labute approximate surface area is 157 Å². The van der Waals surface area contributed by atoms with Crippen LogP contribution in [0.15, 0.2) is 53.4 Å². The lowest BCUT2D eigenvalue weighted by molar-refractivity contribution is -0.137. The lowest BCUT2D eigenvalue weighted by atomic mass is 10.2. The summed E-state index contributed by atoms with van der Waals surface area (Å²) in [6.07, 6.45) is 1.87. The highest BCUT2D eigenvalue weighted by molar-refractivity contribution is 7.89. The summed E-state index contributed by atoms with van der Waals surface area (Å²) in [7, 11) is -3.61. The van der Waals surface area contributed by atoms with Gasteiger partial charge in [0.1, 0.15) is 11.5 Å². The number of rotatable bonds is 10. The summed E-state index contributed by atoms with van der Waals surface area (Å²) >= 11 is 6.03. The number of nitrogens with one attached hydrogen (secondary N) is 1. The molecule has 0 aliphatic carbocycles. The Bertz CT molecular complexity index is 837. The van der Waals surface area contributed by atoms with E-state index in [1.807, 2.05) is 0 Å². The molecule has 2 aromatic rings. The maximum absolute atomic E-state index is 12.2. The van der Waals surface area contributed by atoms with Gasteiger partial charge in [-0.2, -0.15) is 0 Å². The number of carboxylic acids is 1. The zero-order valence-corrected chi connectivity index (χ0v) is 15.6. The Balaban J connectivity index is 1.88. The summed E-state index contributed by atoms with van der Waals surface area (Å²) < 4.78 is 32.6. The summed E-state index contributed by atoms with van der Waals surface area (Å²) in [6.45, 7) is 0.264. The van der Waals surface area contributed by atoms with Gasteiger partial charge in [0.05, 0.1) is 9.92 Å². The number of hydrogen-bond acceptors (Lipinski definition) is 4. The largest absolute Gasteiger partial charge is 0.481 e. The molecule has 0 fully saturated rings. The van der Waals surface area contributed by atoms with Gasteiger partial charge in [0.2, 0.25) is 10.0 Å². The van der Waals surface area contributed by atoms with Crippen molar-refractivity contribution in [3.05, 3.63) is 53.6 Å². The fourth-order valence-corrected chi connectivity index (χ4v) is 3.46. The molecular formula is C18H20ClNO5S. The Hall–Kier alpha value is -2.09. The van der Waals surface area contributed by atoms with E-state index in [2.05, 4.69) is 4.72 Å². The second-order valence-corrected chi connectivity index (χ2v) is 7.78. The molecule has 6 nitrogen and oxygen atoms in total. The number of ether oxygens (including phenoxy) is 1. The van der Waals surface area contributed by atoms with Crippen molar-refractivity contribution in [2.75, 3.05) is 6.54 Å². The van der Waals surface area contributed by atoms with Crippen molar-refractivity contribution in [3.63, 3.8) is 0 Å². The van der Waals surface area contributed by atoms with Gasteiger partial charge in [-0.25, -0.2) is 13.1 Å². The normalized spacial score (nSPS) is 11.3. The molecule has 0 aliphatic rings. The highest BCUT2D eigenvalue weighted by Crippen LogP contribution is 2.29. The quantitative estimate of drug-likeness (QED) is 0.590. The third-order valence-corrected chi connectivity index (χ3v) is 5.35.